The summed E-state index contributed by atoms with van der Waals surface area (Å²) in [5, 5.41) is 0. The Hall–Kier alpha value is -6.96. The summed E-state index contributed by atoms with van der Waals surface area (Å²) in [5.41, 5.74) is 14.5. The molecule has 1 nitrogen and oxygen atoms in total. The van der Waals surface area contributed by atoms with Gasteiger partial charge in [0.15, 0.2) is 0 Å². The van der Waals surface area contributed by atoms with E-state index in [4.69, 9.17) is 0 Å². The molecule has 55 heavy (non-hydrogen) atoms. The quantitative estimate of drug-likeness (QED) is 0.114. The molecule has 0 fully saturated rings. The molecule has 0 aliphatic carbocycles. The summed E-state index contributed by atoms with van der Waals surface area (Å²) in [6, 6.07) is 78.2. The van der Waals surface area contributed by atoms with Crippen LogP contribution < -0.4 is 4.90 Å². The molecule has 0 aromatic heterocycles. The van der Waals surface area contributed by atoms with Crippen LogP contribution in [0.5, 0.6) is 0 Å². The summed E-state index contributed by atoms with van der Waals surface area (Å²) in [4.78, 5) is 2.31. The Bertz CT molecular complexity index is 2430. The monoisotopic (exact) mass is 705 g/mol. The van der Waals surface area contributed by atoms with Crippen LogP contribution >= 0.6 is 0 Å². The summed E-state index contributed by atoms with van der Waals surface area (Å²) in [7, 11) is 0. The first-order valence-electron chi connectivity index (χ1n) is 19.0. The van der Waals surface area contributed by atoms with Crippen molar-refractivity contribution in [3.8, 4) is 11.1 Å². The molecule has 0 aliphatic heterocycles. The highest BCUT2D eigenvalue weighted by molar-refractivity contribution is 5.79. The molecule has 0 spiro atoms. The molecule has 0 aliphatic rings. The molecule has 8 aromatic carbocycles. The van der Waals surface area contributed by atoms with Crippen LogP contribution in [0.1, 0.15) is 44.9 Å². The maximum Gasteiger partial charge on any atom is 0.0462 e. The molecule has 0 amide bonds. The van der Waals surface area contributed by atoms with Gasteiger partial charge in [-0.2, -0.15) is 0 Å². The van der Waals surface area contributed by atoms with Gasteiger partial charge in [-0.05, 0) is 92.9 Å². The van der Waals surface area contributed by atoms with Crippen LogP contribution in [0.3, 0.4) is 0 Å². The van der Waals surface area contributed by atoms with Crippen molar-refractivity contribution in [2.24, 2.45) is 0 Å². The van der Waals surface area contributed by atoms with Gasteiger partial charge in [-0.1, -0.05) is 206 Å². The van der Waals surface area contributed by atoms with Crippen LogP contribution in [0.2, 0.25) is 0 Å². The van der Waals surface area contributed by atoms with Gasteiger partial charge in [0.05, 0.1) is 0 Å². The smallest absolute Gasteiger partial charge is 0.0462 e. The van der Waals surface area contributed by atoms with Crippen LogP contribution in [0.15, 0.2) is 218 Å². The lowest BCUT2D eigenvalue weighted by Gasteiger charge is -2.25. The van der Waals surface area contributed by atoms with Crippen molar-refractivity contribution in [1.82, 2.24) is 0 Å². The fourth-order valence-electron chi connectivity index (χ4n) is 7.10. The lowest BCUT2D eigenvalue weighted by molar-refractivity contribution is 0.805. The molecule has 0 heterocycles. The van der Waals surface area contributed by atoms with E-state index >= 15 is 0 Å². The maximum atomic E-state index is 2.31. The molecule has 1 atom stereocenters. The maximum absolute atomic E-state index is 2.31. The van der Waals surface area contributed by atoms with Crippen LogP contribution in [-0.4, -0.2) is 0 Å². The predicted molar refractivity (Wildman–Crippen MR) is 236 cm³/mol. The topological polar surface area (TPSA) is 3.24 Å². The van der Waals surface area contributed by atoms with Gasteiger partial charge in [0, 0.05) is 23.0 Å². The molecule has 0 saturated heterocycles. The van der Waals surface area contributed by atoms with E-state index in [1.165, 1.54) is 50.1 Å². The minimum atomic E-state index is 0.241. The standard InChI is InChI=1S/C54H43N/c1-5-13-42(14-6-1)21-23-44-25-29-49(30-26-44)54(41-46-17-9-3-10-18-46)50-33-31-47(32-34-50)48-35-39-53(40-36-48)55(51-19-11-4-12-20-51)52-37-27-45(28-38-52)24-22-43-15-7-2-8-16-43/h1-40,54H,41H2. The number of anilines is 3. The first-order chi connectivity index (χ1) is 27.2. The minimum absolute atomic E-state index is 0.241. The van der Waals surface area contributed by atoms with E-state index < -0.39 is 0 Å². The SMILES string of the molecule is C(=Cc1ccc(C(Cc2ccccc2)c2ccc(-c3ccc(N(c4ccccc4)c4ccc(C=Cc5ccccc5)cc4)cc3)cc2)cc1)c1ccccc1. The van der Waals surface area contributed by atoms with Crippen LogP contribution in [0.25, 0.3) is 35.4 Å². The Labute approximate surface area is 325 Å². The average molecular weight is 706 g/mol. The summed E-state index contributed by atoms with van der Waals surface area (Å²) in [6.45, 7) is 0. The van der Waals surface area contributed by atoms with Gasteiger partial charge in [0.2, 0.25) is 0 Å². The Morgan fingerprint density at radius 3 is 1.11 bits per heavy atom. The fraction of sp³-hybridized carbons (Fsp3) is 0.0370. The van der Waals surface area contributed by atoms with Gasteiger partial charge in [-0.15, -0.1) is 0 Å². The van der Waals surface area contributed by atoms with E-state index in [1.807, 2.05) is 6.07 Å². The fourth-order valence-corrected chi connectivity index (χ4v) is 7.10. The highest BCUT2D eigenvalue weighted by atomic mass is 15.1. The van der Waals surface area contributed by atoms with Gasteiger partial charge >= 0.3 is 0 Å². The lowest BCUT2D eigenvalue weighted by Crippen LogP contribution is -2.09. The number of hydrogen-bond donors (Lipinski definition) is 0. The van der Waals surface area contributed by atoms with Gasteiger partial charge in [0.25, 0.3) is 0 Å². The second kappa shape index (κ2) is 17.2. The number of benzene rings is 8. The molecule has 8 aromatic rings. The van der Waals surface area contributed by atoms with Crippen LogP contribution in [-0.2, 0) is 6.42 Å². The van der Waals surface area contributed by atoms with E-state index in [-0.39, 0.29) is 5.92 Å². The lowest BCUT2D eigenvalue weighted by atomic mass is 9.85. The van der Waals surface area contributed by atoms with Crippen LogP contribution in [0.4, 0.5) is 17.1 Å². The third kappa shape index (κ3) is 8.99. The van der Waals surface area contributed by atoms with Crippen molar-refractivity contribution < 1.29 is 0 Å². The first-order valence-corrected chi connectivity index (χ1v) is 19.0. The van der Waals surface area contributed by atoms with Crippen molar-refractivity contribution in [2.45, 2.75) is 12.3 Å². The van der Waals surface area contributed by atoms with E-state index in [0.29, 0.717) is 0 Å². The number of para-hydroxylation sites is 1. The summed E-state index contributed by atoms with van der Waals surface area (Å²) in [6.07, 6.45) is 9.61. The third-order valence-corrected chi connectivity index (χ3v) is 10.1. The number of nitrogens with zero attached hydrogens (tertiary/aromatic N) is 1. The molecule has 0 bridgehead atoms. The molecule has 0 N–H and O–H groups in total. The zero-order valence-electron chi connectivity index (χ0n) is 30.8. The average Bonchev–Trinajstić information content (AvgIpc) is 3.27. The number of hydrogen-bond acceptors (Lipinski definition) is 1. The summed E-state index contributed by atoms with van der Waals surface area (Å²) >= 11 is 0. The largest absolute Gasteiger partial charge is 0.311 e. The van der Waals surface area contributed by atoms with Gasteiger partial charge in [-0.25, -0.2) is 0 Å². The first kappa shape index (κ1) is 35.1. The van der Waals surface area contributed by atoms with Crippen molar-refractivity contribution >= 4 is 41.4 Å². The van der Waals surface area contributed by atoms with Crippen molar-refractivity contribution in [1.29, 1.82) is 0 Å². The Balaban J connectivity index is 1.03. The summed E-state index contributed by atoms with van der Waals surface area (Å²) in [5.74, 6) is 0.241. The zero-order valence-corrected chi connectivity index (χ0v) is 30.8. The van der Waals surface area contributed by atoms with E-state index in [1.54, 1.807) is 0 Å². The van der Waals surface area contributed by atoms with Gasteiger partial charge in [0.1, 0.15) is 0 Å². The molecule has 1 heteroatoms. The zero-order chi connectivity index (χ0) is 37.1. The van der Waals surface area contributed by atoms with E-state index in [2.05, 4.69) is 242 Å². The Kier molecular flexibility index (Phi) is 11.0. The second-order valence-corrected chi connectivity index (χ2v) is 13.8. The molecule has 8 rings (SSSR count). The Morgan fingerprint density at radius 2 is 0.636 bits per heavy atom. The summed E-state index contributed by atoms with van der Waals surface area (Å²) < 4.78 is 0. The second-order valence-electron chi connectivity index (χ2n) is 13.8. The van der Waals surface area contributed by atoms with Crippen molar-refractivity contribution in [3.05, 3.63) is 257 Å². The molecule has 0 radical (unpaired) electrons. The van der Waals surface area contributed by atoms with Gasteiger partial charge < -0.3 is 4.90 Å². The molecule has 264 valence electrons. The highest BCUT2D eigenvalue weighted by Gasteiger charge is 2.16. The molecule has 1 unspecified atom stereocenters. The van der Waals surface area contributed by atoms with Crippen molar-refractivity contribution in [3.63, 3.8) is 0 Å². The third-order valence-electron chi connectivity index (χ3n) is 10.1. The Morgan fingerprint density at radius 1 is 0.309 bits per heavy atom. The normalized spacial score (nSPS) is 11.9. The van der Waals surface area contributed by atoms with Gasteiger partial charge in [-0.3, -0.25) is 0 Å². The van der Waals surface area contributed by atoms with E-state index in [0.717, 1.165) is 23.5 Å². The predicted octanol–water partition coefficient (Wildman–Crippen LogP) is 14.5. The molecule has 0 saturated carbocycles. The molecular formula is C54H43N. The van der Waals surface area contributed by atoms with Crippen molar-refractivity contribution in [2.75, 3.05) is 4.90 Å². The van der Waals surface area contributed by atoms with Crippen LogP contribution in [0, 0.1) is 0 Å². The highest BCUT2D eigenvalue weighted by Crippen LogP contribution is 2.36. The minimum Gasteiger partial charge on any atom is -0.311 e. The van der Waals surface area contributed by atoms with E-state index in [9.17, 15) is 0 Å². The molecular weight excluding hydrogens is 663 g/mol. The number of rotatable bonds is 12.